The van der Waals surface area contributed by atoms with Crippen molar-refractivity contribution in [1.29, 1.82) is 0 Å². The molecule has 4 N–H and O–H groups in total. The van der Waals surface area contributed by atoms with Crippen molar-refractivity contribution in [2.24, 2.45) is 0 Å². The van der Waals surface area contributed by atoms with E-state index in [4.69, 9.17) is 10.8 Å². The van der Waals surface area contributed by atoms with Crippen molar-refractivity contribution >= 4 is 11.6 Å². The summed E-state index contributed by atoms with van der Waals surface area (Å²) in [6.45, 7) is 2.08. The lowest BCUT2D eigenvalue weighted by Gasteiger charge is -2.18. The molecule has 5 nitrogen and oxygen atoms in total. The number of phenols is 1. The van der Waals surface area contributed by atoms with Crippen LogP contribution in [0.1, 0.15) is 23.7 Å². The maximum Gasteiger partial charge on any atom is 0.257 e. The van der Waals surface area contributed by atoms with E-state index < -0.39 is 6.10 Å². The van der Waals surface area contributed by atoms with Crippen LogP contribution in [0.15, 0.2) is 18.2 Å². The number of aliphatic hydroxyl groups is 1. The molecule has 17 heavy (non-hydrogen) atoms. The van der Waals surface area contributed by atoms with Crippen LogP contribution in [0.3, 0.4) is 0 Å². The van der Waals surface area contributed by atoms with Gasteiger partial charge in [0.15, 0.2) is 5.75 Å². The number of hydrogen-bond acceptors (Lipinski definition) is 4. The van der Waals surface area contributed by atoms with Crippen molar-refractivity contribution in [3.05, 3.63) is 23.8 Å². The fourth-order valence-corrected chi connectivity index (χ4v) is 1.42. The van der Waals surface area contributed by atoms with Gasteiger partial charge in [-0.15, -0.1) is 0 Å². The molecular formula is C12H18N2O3. The number of carbonyl (C=O) groups excluding carboxylic acids is 1. The Morgan fingerprint density at radius 3 is 2.76 bits per heavy atom. The summed E-state index contributed by atoms with van der Waals surface area (Å²) in [5.41, 5.74) is 5.88. The van der Waals surface area contributed by atoms with Crippen molar-refractivity contribution in [1.82, 2.24) is 4.90 Å². The van der Waals surface area contributed by atoms with Crippen LogP contribution < -0.4 is 5.73 Å². The molecule has 5 heteroatoms. The van der Waals surface area contributed by atoms with E-state index in [2.05, 4.69) is 0 Å². The highest BCUT2D eigenvalue weighted by atomic mass is 16.3. The first-order valence-corrected chi connectivity index (χ1v) is 5.44. The van der Waals surface area contributed by atoms with Gasteiger partial charge >= 0.3 is 0 Å². The first-order valence-electron chi connectivity index (χ1n) is 5.44. The summed E-state index contributed by atoms with van der Waals surface area (Å²) in [5.74, 6) is -0.503. The van der Waals surface area contributed by atoms with Gasteiger partial charge in [-0.3, -0.25) is 4.79 Å². The van der Waals surface area contributed by atoms with Crippen molar-refractivity contribution in [2.45, 2.75) is 19.4 Å². The summed E-state index contributed by atoms with van der Waals surface area (Å²) in [7, 11) is 1.62. The number of hydrogen-bond donors (Lipinski definition) is 3. The summed E-state index contributed by atoms with van der Waals surface area (Å²) in [5, 5.41) is 18.8. The molecule has 0 saturated heterocycles. The number of phenolic OH excluding ortho intramolecular Hbond substituents is 1. The Hall–Kier alpha value is -1.75. The minimum atomic E-state index is -0.459. The third-order valence-corrected chi connectivity index (χ3v) is 2.53. The van der Waals surface area contributed by atoms with Crippen LogP contribution in [0.25, 0.3) is 0 Å². The molecule has 0 aliphatic heterocycles. The quantitative estimate of drug-likeness (QED) is 0.535. The molecule has 1 aromatic rings. The summed E-state index contributed by atoms with van der Waals surface area (Å²) in [6, 6.07) is 4.67. The number of amides is 1. The zero-order valence-corrected chi connectivity index (χ0v) is 10.1. The van der Waals surface area contributed by atoms with E-state index in [9.17, 15) is 9.90 Å². The fraction of sp³-hybridized carbons (Fsp3) is 0.417. The molecule has 0 saturated carbocycles. The molecular weight excluding hydrogens is 220 g/mol. The van der Waals surface area contributed by atoms with Crippen LogP contribution in [-0.4, -0.2) is 40.7 Å². The Bertz CT molecular complexity index is 405. The molecule has 0 aliphatic carbocycles. The number of nitrogens with zero attached hydrogens (tertiary/aromatic N) is 1. The van der Waals surface area contributed by atoms with E-state index in [1.165, 1.54) is 17.0 Å². The van der Waals surface area contributed by atoms with Gasteiger partial charge in [-0.25, -0.2) is 0 Å². The average molecular weight is 238 g/mol. The number of nitrogen functional groups attached to an aromatic ring is 1. The molecule has 0 spiro atoms. The number of anilines is 1. The second-order valence-electron chi connectivity index (χ2n) is 4.11. The first-order chi connectivity index (χ1) is 7.93. The number of nitrogens with two attached hydrogens (primary N) is 1. The summed E-state index contributed by atoms with van der Waals surface area (Å²) in [6.07, 6.45) is 0.0328. The number of benzene rings is 1. The van der Waals surface area contributed by atoms with Gasteiger partial charge in [0.05, 0.1) is 17.4 Å². The van der Waals surface area contributed by atoms with Crippen LogP contribution in [0.2, 0.25) is 0 Å². The molecule has 1 rings (SSSR count). The Labute approximate surface area is 100 Å². The van der Waals surface area contributed by atoms with Gasteiger partial charge in [-0.2, -0.15) is 0 Å². The Morgan fingerprint density at radius 2 is 2.18 bits per heavy atom. The van der Waals surface area contributed by atoms with Crippen LogP contribution >= 0.6 is 0 Å². The van der Waals surface area contributed by atoms with Crippen LogP contribution in [0, 0.1) is 0 Å². The smallest absolute Gasteiger partial charge is 0.257 e. The fourth-order valence-electron chi connectivity index (χ4n) is 1.42. The minimum Gasteiger partial charge on any atom is -0.505 e. The topological polar surface area (TPSA) is 86.8 Å². The number of rotatable bonds is 4. The number of aliphatic hydroxyl groups excluding tert-OH is 1. The zero-order chi connectivity index (χ0) is 13.0. The highest BCUT2D eigenvalue weighted by Crippen LogP contribution is 2.25. The third kappa shape index (κ3) is 3.35. The maximum absolute atomic E-state index is 12.0. The Balaban J connectivity index is 2.78. The number of carbonyl (C=O) groups is 1. The van der Waals surface area contributed by atoms with Gasteiger partial charge in [-0.1, -0.05) is 6.07 Å². The highest BCUT2D eigenvalue weighted by molar-refractivity contribution is 5.98. The van der Waals surface area contributed by atoms with E-state index in [1.807, 2.05) is 0 Å². The first kappa shape index (κ1) is 13.3. The van der Waals surface area contributed by atoms with E-state index in [-0.39, 0.29) is 22.9 Å². The predicted molar refractivity (Wildman–Crippen MR) is 65.8 cm³/mol. The SMILES string of the molecule is CC(O)CCN(C)C(=O)c1cccc(N)c1O. The van der Waals surface area contributed by atoms with Gasteiger partial charge in [0, 0.05) is 13.6 Å². The monoisotopic (exact) mass is 238 g/mol. The third-order valence-electron chi connectivity index (χ3n) is 2.53. The molecule has 1 aromatic carbocycles. The highest BCUT2D eigenvalue weighted by Gasteiger charge is 2.17. The molecule has 0 heterocycles. The second-order valence-corrected chi connectivity index (χ2v) is 4.11. The zero-order valence-electron chi connectivity index (χ0n) is 10.1. The minimum absolute atomic E-state index is 0.179. The van der Waals surface area contributed by atoms with E-state index in [0.29, 0.717) is 13.0 Å². The molecule has 0 radical (unpaired) electrons. The van der Waals surface area contributed by atoms with Gasteiger partial charge < -0.3 is 20.8 Å². The second kappa shape index (κ2) is 5.54. The lowest BCUT2D eigenvalue weighted by Crippen LogP contribution is -2.29. The van der Waals surface area contributed by atoms with Gasteiger partial charge in [0.25, 0.3) is 5.91 Å². The summed E-state index contributed by atoms with van der Waals surface area (Å²) < 4.78 is 0. The van der Waals surface area contributed by atoms with Gasteiger partial charge in [0.2, 0.25) is 0 Å². The van der Waals surface area contributed by atoms with Gasteiger partial charge in [-0.05, 0) is 25.5 Å². The molecule has 0 fully saturated rings. The van der Waals surface area contributed by atoms with E-state index in [1.54, 1.807) is 20.0 Å². The van der Waals surface area contributed by atoms with Gasteiger partial charge in [0.1, 0.15) is 0 Å². The van der Waals surface area contributed by atoms with E-state index in [0.717, 1.165) is 0 Å². The predicted octanol–water partition coefficient (Wildman–Crippen LogP) is 0.817. The molecule has 1 atom stereocenters. The van der Waals surface area contributed by atoms with Crippen molar-refractivity contribution in [3.63, 3.8) is 0 Å². The lowest BCUT2D eigenvalue weighted by molar-refractivity contribution is 0.0766. The molecule has 0 bridgehead atoms. The van der Waals surface area contributed by atoms with Crippen molar-refractivity contribution in [3.8, 4) is 5.75 Å². The summed E-state index contributed by atoms with van der Waals surface area (Å²) in [4.78, 5) is 13.4. The van der Waals surface area contributed by atoms with E-state index >= 15 is 0 Å². The molecule has 0 aromatic heterocycles. The largest absolute Gasteiger partial charge is 0.505 e. The molecule has 1 amide bonds. The Morgan fingerprint density at radius 1 is 1.53 bits per heavy atom. The summed E-state index contributed by atoms with van der Waals surface area (Å²) >= 11 is 0. The maximum atomic E-state index is 12.0. The van der Waals surface area contributed by atoms with Crippen molar-refractivity contribution < 1.29 is 15.0 Å². The normalized spacial score (nSPS) is 12.2. The van der Waals surface area contributed by atoms with Crippen LogP contribution in [0.4, 0.5) is 5.69 Å². The van der Waals surface area contributed by atoms with Crippen LogP contribution in [0.5, 0.6) is 5.75 Å². The van der Waals surface area contributed by atoms with Crippen molar-refractivity contribution in [2.75, 3.05) is 19.3 Å². The number of aromatic hydroxyl groups is 1. The molecule has 1 unspecified atom stereocenters. The standard InChI is InChI=1S/C12H18N2O3/c1-8(15)6-7-14(2)12(17)9-4-3-5-10(13)11(9)16/h3-5,8,15-16H,6-7,13H2,1-2H3. The average Bonchev–Trinajstić information content (AvgIpc) is 2.28. The van der Waals surface area contributed by atoms with Crippen LogP contribution in [-0.2, 0) is 0 Å². The lowest BCUT2D eigenvalue weighted by atomic mass is 10.1. The number of para-hydroxylation sites is 1. The molecule has 94 valence electrons. The Kier molecular flexibility index (Phi) is 4.34. The molecule has 0 aliphatic rings.